The fraction of sp³-hybridized carbons (Fsp3) is 0.286. The van der Waals surface area contributed by atoms with Gasteiger partial charge >= 0.3 is 5.97 Å². The summed E-state index contributed by atoms with van der Waals surface area (Å²) in [5, 5.41) is 2.57. The Bertz CT molecular complexity index is 1170. The van der Waals surface area contributed by atoms with E-state index in [-0.39, 0.29) is 24.5 Å². The largest absolute Gasteiger partial charge is 0.482 e. The van der Waals surface area contributed by atoms with Gasteiger partial charge in [0.2, 0.25) is 10.0 Å². The molecular weight excluding hydrogens is 475 g/mol. The summed E-state index contributed by atoms with van der Waals surface area (Å²) in [6.45, 7) is -0.776. The Balaban J connectivity index is 1.68. The van der Waals surface area contributed by atoms with E-state index in [0.717, 1.165) is 12.1 Å². The number of amides is 1. The molecule has 0 aromatic heterocycles. The Labute approximate surface area is 194 Å². The summed E-state index contributed by atoms with van der Waals surface area (Å²) in [5.74, 6) is -2.03. The van der Waals surface area contributed by atoms with Crippen LogP contribution in [0.15, 0.2) is 47.4 Å². The molecule has 2 aromatic carbocycles. The molecule has 3 rings (SSSR count). The smallest absolute Gasteiger partial charge is 0.324 e. The number of fused-ring (bicyclic) bond motifs is 1. The highest BCUT2D eigenvalue weighted by molar-refractivity contribution is 7.98. The zero-order valence-electron chi connectivity index (χ0n) is 17.5. The van der Waals surface area contributed by atoms with Gasteiger partial charge in [-0.15, -0.1) is 0 Å². The molecular formula is C21H21FN2O7S2. The molecule has 0 fully saturated rings. The van der Waals surface area contributed by atoms with Crippen molar-refractivity contribution < 1.29 is 36.7 Å². The molecule has 1 atom stereocenters. The van der Waals surface area contributed by atoms with Crippen molar-refractivity contribution in [2.45, 2.75) is 17.4 Å². The van der Waals surface area contributed by atoms with Crippen LogP contribution < -0.4 is 14.8 Å². The number of rotatable bonds is 10. The van der Waals surface area contributed by atoms with Crippen molar-refractivity contribution in [1.82, 2.24) is 4.72 Å². The van der Waals surface area contributed by atoms with Gasteiger partial charge in [-0.2, -0.15) is 16.5 Å². The maximum absolute atomic E-state index is 14.0. The summed E-state index contributed by atoms with van der Waals surface area (Å²) >= 11 is 1.38. The number of ketones is 1. The van der Waals surface area contributed by atoms with E-state index in [1.165, 1.54) is 42.1 Å². The van der Waals surface area contributed by atoms with Crippen LogP contribution in [0.2, 0.25) is 0 Å². The van der Waals surface area contributed by atoms with E-state index < -0.39 is 45.1 Å². The van der Waals surface area contributed by atoms with Crippen LogP contribution in [0.25, 0.3) is 0 Å². The predicted octanol–water partition coefficient (Wildman–Crippen LogP) is 1.98. The number of hydrogen-bond acceptors (Lipinski definition) is 8. The summed E-state index contributed by atoms with van der Waals surface area (Å²) in [6, 6.07) is 7.83. The highest BCUT2D eigenvalue weighted by Crippen LogP contribution is 2.28. The molecule has 1 heterocycles. The predicted molar refractivity (Wildman–Crippen MR) is 119 cm³/mol. The quantitative estimate of drug-likeness (QED) is 0.378. The van der Waals surface area contributed by atoms with Crippen LogP contribution in [0.3, 0.4) is 0 Å². The van der Waals surface area contributed by atoms with Crippen LogP contribution in [0.5, 0.6) is 5.75 Å². The Kier molecular flexibility index (Phi) is 8.06. The third-order valence-corrected chi connectivity index (χ3v) is 6.75. The highest BCUT2D eigenvalue weighted by atomic mass is 32.2. The third kappa shape index (κ3) is 6.30. The molecule has 0 bridgehead atoms. The maximum Gasteiger partial charge on any atom is 0.324 e. The third-order valence-electron chi connectivity index (χ3n) is 4.60. The van der Waals surface area contributed by atoms with Gasteiger partial charge in [-0.25, -0.2) is 12.8 Å². The van der Waals surface area contributed by atoms with Gasteiger partial charge in [-0.1, -0.05) is 12.1 Å². The van der Waals surface area contributed by atoms with E-state index in [4.69, 9.17) is 9.47 Å². The van der Waals surface area contributed by atoms with E-state index in [0.29, 0.717) is 17.2 Å². The lowest BCUT2D eigenvalue weighted by Crippen LogP contribution is -2.43. The summed E-state index contributed by atoms with van der Waals surface area (Å²) in [4.78, 5) is 35.9. The number of carbonyl (C=O) groups excluding carboxylic acids is 3. The molecule has 9 nitrogen and oxygen atoms in total. The van der Waals surface area contributed by atoms with Crippen molar-refractivity contribution in [3.8, 4) is 5.75 Å². The first-order valence-corrected chi connectivity index (χ1v) is 12.6. The standard InChI is InChI=1S/C21H21FN2O7S2/c1-32-9-8-15(24-33(28,29)19-5-3-2-4-14(19)22)21(27)31-11-17(25)13-6-7-18-16(10-13)23-20(26)12-30-18/h2-7,10,15,24H,8-9,11-12H2,1H3,(H,23,26). The maximum atomic E-state index is 14.0. The fourth-order valence-electron chi connectivity index (χ4n) is 2.95. The lowest BCUT2D eigenvalue weighted by molar-refractivity contribution is -0.144. The molecule has 1 aliphatic heterocycles. The molecule has 1 unspecified atom stereocenters. The fourth-order valence-corrected chi connectivity index (χ4v) is 4.72. The van der Waals surface area contributed by atoms with Crippen molar-refractivity contribution in [3.05, 3.63) is 53.8 Å². The molecule has 176 valence electrons. The number of halogens is 1. The van der Waals surface area contributed by atoms with Crippen LogP contribution in [-0.4, -0.2) is 57.3 Å². The molecule has 33 heavy (non-hydrogen) atoms. The van der Waals surface area contributed by atoms with Crippen molar-refractivity contribution in [3.63, 3.8) is 0 Å². The second kappa shape index (κ2) is 10.8. The minimum absolute atomic E-state index is 0.0735. The lowest BCUT2D eigenvalue weighted by atomic mass is 10.1. The molecule has 1 amide bonds. The Morgan fingerprint density at radius 1 is 1.27 bits per heavy atom. The monoisotopic (exact) mass is 496 g/mol. The summed E-state index contributed by atoms with van der Waals surface area (Å²) in [5.41, 5.74) is 0.485. The van der Waals surface area contributed by atoms with E-state index in [2.05, 4.69) is 10.0 Å². The van der Waals surface area contributed by atoms with E-state index in [1.54, 1.807) is 6.26 Å². The van der Waals surface area contributed by atoms with Crippen molar-refractivity contribution in [2.75, 3.05) is 30.5 Å². The Hall–Kier alpha value is -2.96. The van der Waals surface area contributed by atoms with Crippen LogP contribution in [-0.2, 0) is 24.3 Å². The second-order valence-corrected chi connectivity index (χ2v) is 9.63. The molecule has 2 aromatic rings. The number of anilines is 1. The molecule has 2 N–H and O–H groups in total. The number of nitrogens with one attached hydrogen (secondary N) is 2. The molecule has 0 spiro atoms. The molecule has 0 radical (unpaired) electrons. The van der Waals surface area contributed by atoms with Crippen LogP contribution in [0.1, 0.15) is 16.8 Å². The lowest BCUT2D eigenvalue weighted by Gasteiger charge is -2.19. The zero-order valence-corrected chi connectivity index (χ0v) is 19.1. The van der Waals surface area contributed by atoms with E-state index in [9.17, 15) is 27.2 Å². The summed E-state index contributed by atoms with van der Waals surface area (Å²) < 4.78 is 51.6. The first-order chi connectivity index (χ1) is 15.7. The molecule has 0 saturated heterocycles. The normalized spacial score (nSPS) is 13.9. The van der Waals surface area contributed by atoms with Gasteiger partial charge in [0.15, 0.2) is 19.0 Å². The van der Waals surface area contributed by atoms with Crippen molar-refractivity contribution >= 4 is 45.1 Å². The van der Waals surface area contributed by atoms with Gasteiger partial charge in [-0.3, -0.25) is 14.4 Å². The Morgan fingerprint density at radius 3 is 2.76 bits per heavy atom. The first kappa shape index (κ1) is 24.7. The van der Waals surface area contributed by atoms with Gasteiger partial charge in [0, 0.05) is 5.56 Å². The van der Waals surface area contributed by atoms with Gasteiger partial charge in [0.1, 0.15) is 22.5 Å². The molecule has 0 saturated carbocycles. The average Bonchev–Trinajstić information content (AvgIpc) is 2.79. The number of benzene rings is 2. The minimum atomic E-state index is -4.35. The van der Waals surface area contributed by atoms with E-state index in [1.807, 2.05) is 0 Å². The van der Waals surface area contributed by atoms with Crippen LogP contribution in [0.4, 0.5) is 10.1 Å². The van der Waals surface area contributed by atoms with Crippen molar-refractivity contribution in [2.24, 2.45) is 0 Å². The number of hydrogen-bond donors (Lipinski definition) is 2. The van der Waals surface area contributed by atoms with Gasteiger partial charge in [0.05, 0.1) is 5.69 Å². The SMILES string of the molecule is CSCCC(NS(=O)(=O)c1ccccc1F)C(=O)OCC(=O)c1ccc2c(c1)NC(=O)CO2. The number of carbonyl (C=O) groups is 3. The van der Waals surface area contributed by atoms with Crippen LogP contribution >= 0.6 is 11.8 Å². The van der Waals surface area contributed by atoms with Crippen LogP contribution in [0, 0.1) is 5.82 Å². The zero-order chi connectivity index (χ0) is 24.0. The van der Waals surface area contributed by atoms with Gasteiger partial charge in [0.25, 0.3) is 5.91 Å². The second-order valence-electron chi connectivity index (χ2n) is 6.96. The van der Waals surface area contributed by atoms with Crippen molar-refractivity contribution in [1.29, 1.82) is 0 Å². The number of thioether (sulfide) groups is 1. The molecule has 0 aliphatic carbocycles. The topological polar surface area (TPSA) is 128 Å². The number of esters is 1. The summed E-state index contributed by atoms with van der Waals surface area (Å²) in [6.07, 6.45) is 1.85. The average molecular weight is 497 g/mol. The Morgan fingerprint density at radius 2 is 2.03 bits per heavy atom. The number of Topliss-reactive ketones (excluding diaryl/α,β-unsaturated/α-hetero) is 1. The van der Waals surface area contributed by atoms with E-state index >= 15 is 0 Å². The minimum Gasteiger partial charge on any atom is -0.482 e. The van der Waals surface area contributed by atoms with Gasteiger partial charge in [-0.05, 0) is 48.8 Å². The first-order valence-electron chi connectivity index (χ1n) is 9.73. The molecule has 1 aliphatic rings. The number of sulfonamides is 1. The highest BCUT2D eigenvalue weighted by Gasteiger charge is 2.29. The molecule has 12 heteroatoms. The van der Waals surface area contributed by atoms with Gasteiger partial charge < -0.3 is 14.8 Å². The number of ether oxygens (including phenoxy) is 2. The summed E-state index contributed by atoms with van der Waals surface area (Å²) in [7, 11) is -4.35.